The van der Waals surface area contributed by atoms with Crippen molar-refractivity contribution >= 4 is 33.5 Å². The Labute approximate surface area is 126 Å². The third-order valence-electron chi connectivity index (χ3n) is 2.39. The van der Waals surface area contributed by atoms with Gasteiger partial charge in [0.05, 0.1) is 13.7 Å². The zero-order valence-electron chi connectivity index (χ0n) is 10.9. The van der Waals surface area contributed by atoms with E-state index in [9.17, 15) is 18.0 Å². The number of ether oxygens (including phenoxy) is 1. The monoisotopic (exact) mass is 336 g/mol. The van der Waals surface area contributed by atoms with Gasteiger partial charge in [0.1, 0.15) is 17.2 Å². The van der Waals surface area contributed by atoms with E-state index >= 15 is 0 Å². The van der Waals surface area contributed by atoms with Crippen LogP contribution in [0.5, 0.6) is 5.75 Å². The number of hydrogen-bond donors (Lipinski definition) is 2. The molecule has 0 aliphatic heterocycles. The average Bonchev–Trinajstić information content (AvgIpc) is 2.36. The molecular formula is C11H13ClN2O6S. The average molecular weight is 337 g/mol. The number of methoxy groups -OCH3 is 1. The molecule has 0 spiro atoms. The second kappa shape index (κ2) is 6.74. The molecule has 0 aromatic heterocycles. The van der Waals surface area contributed by atoms with E-state index < -0.39 is 35.0 Å². The van der Waals surface area contributed by atoms with Gasteiger partial charge >= 0.3 is 5.97 Å². The third kappa shape index (κ3) is 4.31. The van der Waals surface area contributed by atoms with Crippen LogP contribution in [0.15, 0.2) is 23.1 Å². The predicted molar refractivity (Wildman–Crippen MR) is 73.6 cm³/mol. The SMILES string of the molecule is COc1cc(Cl)ccc1S(=O)(=O)N(CC(N)=O)CC(=O)O. The Morgan fingerprint density at radius 2 is 2.00 bits per heavy atom. The third-order valence-corrected chi connectivity index (χ3v) is 4.45. The van der Waals surface area contributed by atoms with Crippen LogP contribution in [0, 0.1) is 0 Å². The van der Waals surface area contributed by atoms with Crippen molar-refractivity contribution in [2.45, 2.75) is 4.90 Å². The molecular weight excluding hydrogens is 324 g/mol. The zero-order valence-corrected chi connectivity index (χ0v) is 12.5. The highest BCUT2D eigenvalue weighted by atomic mass is 35.5. The van der Waals surface area contributed by atoms with Crippen LogP contribution in [-0.4, -0.2) is 49.9 Å². The standard InChI is InChI=1S/C11H13ClN2O6S/c1-20-8-4-7(12)2-3-9(8)21(18,19)14(5-10(13)15)6-11(16)17/h2-4H,5-6H2,1H3,(H2,13,15)(H,16,17). The molecule has 0 aliphatic rings. The lowest BCUT2D eigenvalue weighted by Gasteiger charge is -2.20. The summed E-state index contributed by atoms with van der Waals surface area (Å²) in [5.74, 6) is -2.47. The molecule has 1 rings (SSSR count). The Morgan fingerprint density at radius 3 is 2.48 bits per heavy atom. The molecule has 0 saturated heterocycles. The minimum atomic E-state index is -4.28. The zero-order chi connectivity index (χ0) is 16.2. The first kappa shape index (κ1) is 17.2. The molecule has 1 amide bonds. The van der Waals surface area contributed by atoms with E-state index in [4.69, 9.17) is 27.2 Å². The van der Waals surface area contributed by atoms with Gasteiger partial charge in [-0.2, -0.15) is 4.31 Å². The summed E-state index contributed by atoms with van der Waals surface area (Å²) in [6.07, 6.45) is 0. The lowest BCUT2D eigenvalue weighted by molar-refractivity contribution is -0.137. The number of carboxylic acid groups (broad SMARTS) is 1. The van der Waals surface area contributed by atoms with Gasteiger partial charge in [-0.3, -0.25) is 9.59 Å². The number of nitrogens with two attached hydrogens (primary N) is 1. The van der Waals surface area contributed by atoms with E-state index in [1.54, 1.807) is 0 Å². The molecule has 0 bridgehead atoms. The topological polar surface area (TPSA) is 127 Å². The van der Waals surface area contributed by atoms with Crippen molar-refractivity contribution in [3.63, 3.8) is 0 Å². The van der Waals surface area contributed by atoms with Gasteiger partial charge in [-0.1, -0.05) is 11.6 Å². The van der Waals surface area contributed by atoms with E-state index in [0.29, 0.717) is 4.31 Å². The molecule has 0 atom stereocenters. The molecule has 1 aromatic rings. The number of carbonyl (C=O) groups is 2. The Bertz CT molecular complexity index is 645. The van der Waals surface area contributed by atoms with E-state index in [1.807, 2.05) is 0 Å². The molecule has 10 heteroatoms. The van der Waals surface area contributed by atoms with Gasteiger partial charge in [0.25, 0.3) is 0 Å². The number of rotatable bonds is 7. The quantitative estimate of drug-likeness (QED) is 0.716. The van der Waals surface area contributed by atoms with E-state index in [0.717, 1.165) is 6.07 Å². The smallest absolute Gasteiger partial charge is 0.318 e. The lowest BCUT2D eigenvalue weighted by atomic mass is 10.3. The lowest BCUT2D eigenvalue weighted by Crippen LogP contribution is -2.41. The predicted octanol–water partition coefficient (Wildman–Crippen LogP) is -0.0908. The summed E-state index contributed by atoms with van der Waals surface area (Å²) in [6, 6.07) is 3.73. The highest BCUT2D eigenvalue weighted by molar-refractivity contribution is 7.89. The maximum Gasteiger partial charge on any atom is 0.318 e. The molecule has 116 valence electrons. The first-order valence-electron chi connectivity index (χ1n) is 5.52. The number of aliphatic carboxylic acids is 1. The van der Waals surface area contributed by atoms with E-state index in [2.05, 4.69) is 0 Å². The minimum Gasteiger partial charge on any atom is -0.495 e. The fraction of sp³-hybridized carbons (Fsp3) is 0.273. The van der Waals surface area contributed by atoms with Crippen molar-refractivity contribution < 1.29 is 27.9 Å². The molecule has 0 heterocycles. The molecule has 0 unspecified atom stereocenters. The van der Waals surface area contributed by atoms with Crippen molar-refractivity contribution in [1.82, 2.24) is 4.31 Å². The Kier molecular flexibility index (Phi) is 5.53. The second-order valence-corrected chi connectivity index (χ2v) is 6.27. The van der Waals surface area contributed by atoms with Crippen LogP contribution in [0.4, 0.5) is 0 Å². The van der Waals surface area contributed by atoms with Crippen LogP contribution in [-0.2, 0) is 19.6 Å². The summed E-state index contributed by atoms with van der Waals surface area (Å²) in [7, 11) is -3.05. The Hall–Kier alpha value is -1.84. The van der Waals surface area contributed by atoms with Crippen molar-refractivity contribution in [3.05, 3.63) is 23.2 Å². The maximum absolute atomic E-state index is 12.4. The van der Waals surface area contributed by atoms with Crippen molar-refractivity contribution in [2.75, 3.05) is 20.2 Å². The summed E-state index contributed by atoms with van der Waals surface area (Å²) in [5.41, 5.74) is 4.95. The van der Waals surface area contributed by atoms with Gasteiger partial charge < -0.3 is 15.6 Å². The van der Waals surface area contributed by atoms with Gasteiger partial charge in [0.15, 0.2) is 0 Å². The van der Waals surface area contributed by atoms with Crippen LogP contribution in [0.3, 0.4) is 0 Å². The maximum atomic E-state index is 12.4. The molecule has 0 fully saturated rings. The number of carboxylic acids is 1. The molecule has 0 saturated carbocycles. The normalized spacial score (nSPS) is 11.4. The Balaban J connectivity index is 3.34. The number of hydrogen-bond acceptors (Lipinski definition) is 5. The summed E-state index contributed by atoms with van der Waals surface area (Å²) < 4.78 is 30.2. The number of carbonyl (C=O) groups excluding carboxylic acids is 1. The number of benzene rings is 1. The van der Waals surface area contributed by atoms with Crippen LogP contribution in [0.1, 0.15) is 0 Å². The van der Waals surface area contributed by atoms with Crippen LogP contribution >= 0.6 is 11.6 Å². The molecule has 0 aliphatic carbocycles. The highest BCUT2D eigenvalue weighted by Crippen LogP contribution is 2.29. The number of primary amides is 1. The van der Waals surface area contributed by atoms with Crippen molar-refractivity contribution in [2.24, 2.45) is 5.73 Å². The summed E-state index contributed by atoms with van der Waals surface area (Å²) in [6.45, 7) is -1.67. The summed E-state index contributed by atoms with van der Waals surface area (Å²) >= 11 is 5.74. The fourth-order valence-electron chi connectivity index (χ4n) is 1.54. The van der Waals surface area contributed by atoms with Gasteiger partial charge in [0, 0.05) is 11.1 Å². The number of halogens is 1. The van der Waals surface area contributed by atoms with Crippen molar-refractivity contribution in [3.8, 4) is 5.75 Å². The Morgan fingerprint density at radius 1 is 1.38 bits per heavy atom. The summed E-state index contributed by atoms with van der Waals surface area (Å²) in [4.78, 5) is 21.4. The molecule has 3 N–H and O–H groups in total. The van der Waals surface area contributed by atoms with Crippen LogP contribution < -0.4 is 10.5 Å². The fourth-order valence-corrected chi connectivity index (χ4v) is 3.20. The second-order valence-electron chi connectivity index (χ2n) is 3.93. The van der Waals surface area contributed by atoms with Crippen molar-refractivity contribution in [1.29, 1.82) is 0 Å². The minimum absolute atomic E-state index is 0.0673. The van der Waals surface area contributed by atoms with Gasteiger partial charge in [0.2, 0.25) is 15.9 Å². The van der Waals surface area contributed by atoms with E-state index in [-0.39, 0.29) is 15.7 Å². The van der Waals surface area contributed by atoms with E-state index in [1.165, 1.54) is 19.2 Å². The molecule has 0 radical (unpaired) electrons. The number of nitrogens with zero attached hydrogens (tertiary/aromatic N) is 1. The van der Waals surface area contributed by atoms with Gasteiger partial charge in [-0.05, 0) is 12.1 Å². The largest absolute Gasteiger partial charge is 0.495 e. The number of sulfonamides is 1. The van der Waals surface area contributed by atoms with Gasteiger partial charge in [-0.15, -0.1) is 0 Å². The summed E-state index contributed by atoms with van der Waals surface area (Å²) in [5, 5.41) is 9.01. The van der Waals surface area contributed by atoms with Crippen LogP contribution in [0.25, 0.3) is 0 Å². The van der Waals surface area contributed by atoms with Gasteiger partial charge in [-0.25, -0.2) is 8.42 Å². The molecule has 21 heavy (non-hydrogen) atoms. The highest BCUT2D eigenvalue weighted by Gasteiger charge is 2.30. The first-order valence-corrected chi connectivity index (χ1v) is 7.34. The first-order chi connectivity index (χ1) is 9.68. The van der Waals surface area contributed by atoms with Crippen LogP contribution in [0.2, 0.25) is 5.02 Å². The molecule has 1 aromatic carbocycles. The number of amides is 1. The molecule has 8 nitrogen and oxygen atoms in total.